The van der Waals surface area contributed by atoms with E-state index in [0.717, 1.165) is 11.1 Å². The molecule has 2 fully saturated rings. The van der Waals surface area contributed by atoms with Crippen molar-refractivity contribution in [3.05, 3.63) is 29.9 Å². The summed E-state index contributed by atoms with van der Waals surface area (Å²) in [6, 6.07) is 4.18. The molecule has 1 N–H and O–H groups in total. The van der Waals surface area contributed by atoms with Gasteiger partial charge in [-0.25, -0.2) is 14.8 Å². The molecule has 0 aliphatic carbocycles. The fourth-order valence-electron chi connectivity index (χ4n) is 3.76. The summed E-state index contributed by atoms with van der Waals surface area (Å²) in [6.45, 7) is 5.03. The van der Waals surface area contributed by atoms with Gasteiger partial charge in [0.25, 0.3) is 0 Å². The van der Waals surface area contributed by atoms with Crippen molar-refractivity contribution in [2.24, 2.45) is 0 Å². The predicted molar refractivity (Wildman–Crippen MR) is 106 cm³/mol. The molecule has 2 saturated heterocycles. The van der Waals surface area contributed by atoms with E-state index in [9.17, 15) is 10.1 Å². The zero-order chi connectivity index (χ0) is 20.7. The van der Waals surface area contributed by atoms with E-state index in [1.807, 2.05) is 6.07 Å². The largest absolute Gasteiger partial charge is 0.441 e. The topological polar surface area (TPSA) is 121 Å². The highest BCUT2D eigenvalue weighted by molar-refractivity contribution is 5.99. The Morgan fingerprint density at radius 1 is 1.30 bits per heavy atom. The van der Waals surface area contributed by atoms with E-state index in [1.165, 1.54) is 0 Å². The number of ether oxygens (including phenoxy) is 2. The van der Waals surface area contributed by atoms with Crippen LogP contribution in [0.4, 0.5) is 10.5 Å². The predicted octanol–water partition coefficient (Wildman–Crippen LogP) is 2.06. The van der Waals surface area contributed by atoms with Crippen molar-refractivity contribution < 1.29 is 18.7 Å². The van der Waals surface area contributed by atoms with Crippen molar-refractivity contribution in [2.45, 2.75) is 13.0 Å². The molecular formula is C20H20N6O4. The van der Waals surface area contributed by atoms with Gasteiger partial charge in [0.1, 0.15) is 17.4 Å². The summed E-state index contributed by atoms with van der Waals surface area (Å²) in [5.74, 6) is 1.03. The van der Waals surface area contributed by atoms with Crippen LogP contribution in [0.3, 0.4) is 0 Å². The Morgan fingerprint density at radius 2 is 2.10 bits per heavy atom. The van der Waals surface area contributed by atoms with Crippen LogP contribution in [0.5, 0.6) is 0 Å². The summed E-state index contributed by atoms with van der Waals surface area (Å²) in [4.78, 5) is 27.9. The number of rotatable bonds is 3. The standard InChI is InChI=1S/C20H20N6O4/c1-12-23-9-16(29-12)18-14(8-21)17-15(2-3-22-19(17)24-18)25-4-6-26(7-5-25)20(27)30-13-10-28-11-13/h2-3,9,13H,4-7,10-11H2,1H3,(H,22,24). The SMILES string of the molecule is Cc1ncc(-c2[nH]c3nccc(N4CCN(C(=O)OC5COC5)CC4)c3c2C#N)o1. The summed E-state index contributed by atoms with van der Waals surface area (Å²) >= 11 is 0. The van der Waals surface area contributed by atoms with Crippen LogP contribution in [0.15, 0.2) is 22.9 Å². The Balaban J connectivity index is 1.40. The molecule has 30 heavy (non-hydrogen) atoms. The second-order valence-electron chi connectivity index (χ2n) is 7.30. The monoisotopic (exact) mass is 408 g/mol. The Morgan fingerprint density at radius 3 is 2.73 bits per heavy atom. The maximum Gasteiger partial charge on any atom is 0.410 e. The smallest absolute Gasteiger partial charge is 0.410 e. The van der Waals surface area contributed by atoms with Gasteiger partial charge in [-0.15, -0.1) is 0 Å². The molecule has 5 heterocycles. The molecule has 0 aromatic carbocycles. The lowest BCUT2D eigenvalue weighted by Gasteiger charge is -2.37. The third-order valence-electron chi connectivity index (χ3n) is 5.41. The number of piperazine rings is 1. The zero-order valence-electron chi connectivity index (χ0n) is 16.4. The number of nitrogens with zero attached hydrogens (tertiary/aromatic N) is 5. The number of carbonyl (C=O) groups excluding carboxylic acids is 1. The normalized spacial score (nSPS) is 17.1. The molecule has 2 aliphatic rings. The van der Waals surface area contributed by atoms with Crippen molar-refractivity contribution in [3.63, 3.8) is 0 Å². The van der Waals surface area contributed by atoms with Gasteiger partial charge in [0.05, 0.1) is 36.0 Å². The van der Waals surface area contributed by atoms with Gasteiger partial charge in [0, 0.05) is 39.3 Å². The lowest BCUT2D eigenvalue weighted by atomic mass is 10.1. The van der Waals surface area contributed by atoms with Crippen LogP contribution in [-0.4, -0.2) is 71.4 Å². The lowest BCUT2D eigenvalue weighted by molar-refractivity contribution is -0.104. The highest BCUT2D eigenvalue weighted by atomic mass is 16.6. The first-order valence-corrected chi connectivity index (χ1v) is 9.76. The van der Waals surface area contributed by atoms with Gasteiger partial charge in [0.2, 0.25) is 0 Å². The number of nitrogens with one attached hydrogen (secondary N) is 1. The first-order chi connectivity index (χ1) is 14.6. The molecule has 1 amide bonds. The number of oxazole rings is 1. The van der Waals surface area contributed by atoms with E-state index < -0.39 is 0 Å². The molecule has 0 spiro atoms. The number of aryl methyl sites for hydroxylation is 1. The molecule has 3 aromatic rings. The summed E-state index contributed by atoms with van der Waals surface area (Å²) in [7, 11) is 0. The summed E-state index contributed by atoms with van der Waals surface area (Å²) in [5, 5.41) is 10.6. The van der Waals surface area contributed by atoms with Gasteiger partial charge in [-0.1, -0.05) is 0 Å². The molecule has 10 nitrogen and oxygen atoms in total. The Hall–Kier alpha value is -3.58. The van der Waals surface area contributed by atoms with Crippen LogP contribution < -0.4 is 4.90 Å². The Kier molecular flexibility index (Phi) is 4.52. The number of aromatic nitrogens is 3. The van der Waals surface area contributed by atoms with E-state index in [1.54, 1.807) is 24.2 Å². The van der Waals surface area contributed by atoms with Gasteiger partial charge < -0.3 is 28.7 Å². The highest BCUT2D eigenvalue weighted by Crippen LogP contribution is 2.35. The molecular weight excluding hydrogens is 388 g/mol. The van der Waals surface area contributed by atoms with Crippen LogP contribution >= 0.6 is 0 Å². The first kappa shape index (κ1) is 18.4. The van der Waals surface area contributed by atoms with E-state index in [0.29, 0.717) is 67.9 Å². The molecule has 10 heteroatoms. The van der Waals surface area contributed by atoms with Gasteiger partial charge in [0.15, 0.2) is 17.8 Å². The number of H-pyrrole nitrogens is 1. The van der Waals surface area contributed by atoms with Crippen molar-refractivity contribution in [3.8, 4) is 17.5 Å². The average molecular weight is 408 g/mol. The number of aromatic amines is 1. The molecule has 2 aliphatic heterocycles. The van der Waals surface area contributed by atoms with Crippen LogP contribution in [0.2, 0.25) is 0 Å². The fourth-order valence-corrected chi connectivity index (χ4v) is 3.76. The third kappa shape index (κ3) is 3.13. The fraction of sp³-hybridized carbons (Fsp3) is 0.400. The number of pyridine rings is 1. The molecule has 0 bridgehead atoms. The Bertz CT molecular complexity index is 1130. The minimum atomic E-state index is -0.301. The maximum atomic E-state index is 12.3. The van der Waals surface area contributed by atoms with Crippen LogP contribution in [0.1, 0.15) is 11.5 Å². The molecule has 3 aromatic heterocycles. The van der Waals surface area contributed by atoms with Gasteiger partial charge >= 0.3 is 6.09 Å². The number of hydrogen-bond donors (Lipinski definition) is 1. The van der Waals surface area contributed by atoms with E-state index in [-0.39, 0.29) is 12.2 Å². The Labute approximate surface area is 172 Å². The van der Waals surface area contributed by atoms with E-state index in [4.69, 9.17) is 13.9 Å². The summed E-state index contributed by atoms with van der Waals surface area (Å²) in [6.07, 6.45) is 2.87. The van der Waals surface area contributed by atoms with Crippen LogP contribution in [0.25, 0.3) is 22.5 Å². The second-order valence-corrected chi connectivity index (χ2v) is 7.30. The number of fused-ring (bicyclic) bond motifs is 1. The lowest BCUT2D eigenvalue weighted by Crippen LogP contribution is -2.51. The second kappa shape index (κ2) is 7.35. The summed E-state index contributed by atoms with van der Waals surface area (Å²) < 4.78 is 16.1. The molecule has 0 unspecified atom stereocenters. The molecule has 0 saturated carbocycles. The third-order valence-corrected chi connectivity index (χ3v) is 5.41. The minimum Gasteiger partial charge on any atom is -0.441 e. The van der Waals surface area contributed by atoms with Crippen LogP contribution in [-0.2, 0) is 9.47 Å². The highest BCUT2D eigenvalue weighted by Gasteiger charge is 2.29. The number of amides is 1. The van der Waals surface area contributed by atoms with E-state index >= 15 is 0 Å². The molecule has 0 atom stereocenters. The minimum absolute atomic E-state index is 0.133. The van der Waals surface area contributed by atoms with Crippen LogP contribution in [0, 0.1) is 18.3 Å². The van der Waals surface area contributed by atoms with Crippen molar-refractivity contribution in [1.29, 1.82) is 5.26 Å². The van der Waals surface area contributed by atoms with Gasteiger partial charge in [-0.3, -0.25) is 0 Å². The summed E-state index contributed by atoms with van der Waals surface area (Å²) in [5.41, 5.74) is 2.55. The quantitative estimate of drug-likeness (QED) is 0.699. The molecule has 0 radical (unpaired) electrons. The molecule has 154 valence electrons. The van der Waals surface area contributed by atoms with E-state index in [2.05, 4.69) is 25.9 Å². The van der Waals surface area contributed by atoms with Crippen molar-refractivity contribution in [1.82, 2.24) is 19.9 Å². The number of hydrogen-bond acceptors (Lipinski definition) is 8. The molecule has 5 rings (SSSR count). The number of carbonyl (C=O) groups is 1. The van der Waals surface area contributed by atoms with Gasteiger partial charge in [-0.05, 0) is 6.07 Å². The van der Waals surface area contributed by atoms with Crippen molar-refractivity contribution >= 4 is 22.8 Å². The zero-order valence-corrected chi connectivity index (χ0v) is 16.4. The maximum absolute atomic E-state index is 12.3. The first-order valence-electron chi connectivity index (χ1n) is 9.76. The number of anilines is 1. The average Bonchev–Trinajstić information content (AvgIpc) is 3.33. The van der Waals surface area contributed by atoms with Crippen molar-refractivity contribution in [2.75, 3.05) is 44.3 Å². The van der Waals surface area contributed by atoms with Gasteiger partial charge in [-0.2, -0.15) is 5.26 Å². The number of nitriles is 1.